The molecule has 1 aromatic heterocycles. The normalized spacial score (nSPS) is 18.3. The highest BCUT2D eigenvalue weighted by molar-refractivity contribution is 6.15. The van der Waals surface area contributed by atoms with Crippen LogP contribution in [0.3, 0.4) is 0 Å². The standard InChI is InChI=1S/C24H18O7/c1-27-17-7-5-13(10-19(17)28-2)11-20-23(26)14-6-8-18-22(24(14)31-20)15(12-21(25)30-18)16-4-3-9-29-16/h3-11,15H,12H2,1-2H3/b20-11-/t15-/m0/s1. The van der Waals surface area contributed by atoms with E-state index >= 15 is 0 Å². The van der Waals surface area contributed by atoms with Crippen LogP contribution in [0.5, 0.6) is 23.0 Å². The molecular formula is C24H18O7. The summed E-state index contributed by atoms with van der Waals surface area (Å²) in [5.41, 5.74) is 1.77. The number of carbonyl (C=O) groups excluding carboxylic acids is 2. The van der Waals surface area contributed by atoms with Gasteiger partial charge in [0, 0.05) is 5.56 Å². The van der Waals surface area contributed by atoms with E-state index in [0.717, 1.165) is 5.56 Å². The molecule has 0 bridgehead atoms. The van der Waals surface area contributed by atoms with Crippen LogP contribution in [0.25, 0.3) is 6.08 Å². The van der Waals surface area contributed by atoms with Crippen LogP contribution in [-0.2, 0) is 4.79 Å². The molecule has 0 N–H and O–H groups in total. The molecule has 31 heavy (non-hydrogen) atoms. The van der Waals surface area contributed by atoms with Crippen molar-refractivity contribution in [2.75, 3.05) is 14.2 Å². The molecule has 2 aliphatic heterocycles. The lowest BCUT2D eigenvalue weighted by Crippen LogP contribution is -2.21. The second-order valence-electron chi connectivity index (χ2n) is 7.15. The Labute approximate surface area is 177 Å². The van der Waals surface area contributed by atoms with E-state index in [9.17, 15) is 9.59 Å². The summed E-state index contributed by atoms with van der Waals surface area (Å²) in [5, 5.41) is 0. The van der Waals surface area contributed by atoms with Crippen LogP contribution in [0.4, 0.5) is 0 Å². The molecule has 5 rings (SSSR count). The van der Waals surface area contributed by atoms with Gasteiger partial charge in [0.05, 0.1) is 38.4 Å². The third-order valence-corrected chi connectivity index (χ3v) is 5.37. The summed E-state index contributed by atoms with van der Waals surface area (Å²) >= 11 is 0. The molecule has 3 aromatic rings. The van der Waals surface area contributed by atoms with Crippen LogP contribution in [0.1, 0.15) is 39.6 Å². The predicted molar refractivity (Wildman–Crippen MR) is 110 cm³/mol. The molecule has 156 valence electrons. The fourth-order valence-electron chi connectivity index (χ4n) is 3.93. The predicted octanol–water partition coefficient (Wildman–Crippen LogP) is 4.35. The van der Waals surface area contributed by atoms with Crippen molar-refractivity contribution in [3.05, 3.63) is 76.9 Å². The van der Waals surface area contributed by atoms with Crippen LogP contribution >= 0.6 is 0 Å². The number of benzene rings is 2. The lowest BCUT2D eigenvalue weighted by Gasteiger charge is -2.24. The second-order valence-corrected chi connectivity index (χ2v) is 7.15. The summed E-state index contributed by atoms with van der Waals surface area (Å²) in [6, 6.07) is 12.1. The third kappa shape index (κ3) is 3.15. The minimum absolute atomic E-state index is 0.100. The lowest BCUT2D eigenvalue weighted by atomic mass is 9.88. The van der Waals surface area contributed by atoms with Gasteiger partial charge < -0.3 is 23.4 Å². The molecule has 0 saturated carbocycles. The van der Waals surface area contributed by atoms with E-state index in [4.69, 9.17) is 23.4 Å². The number of ether oxygens (including phenoxy) is 4. The highest BCUT2D eigenvalue weighted by atomic mass is 16.5. The van der Waals surface area contributed by atoms with E-state index in [1.54, 1.807) is 69.0 Å². The second kappa shape index (κ2) is 7.36. The van der Waals surface area contributed by atoms with Crippen molar-refractivity contribution in [2.24, 2.45) is 0 Å². The van der Waals surface area contributed by atoms with Gasteiger partial charge in [-0.3, -0.25) is 9.59 Å². The van der Waals surface area contributed by atoms with Crippen molar-refractivity contribution >= 4 is 17.8 Å². The number of rotatable bonds is 4. The maximum absolute atomic E-state index is 13.0. The van der Waals surface area contributed by atoms with Crippen molar-refractivity contribution in [3.63, 3.8) is 0 Å². The summed E-state index contributed by atoms with van der Waals surface area (Å²) in [6.45, 7) is 0. The highest BCUT2D eigenvalue weighted by Crippen LogP contribution is 2.49. The maximum Gasteiger partial charge on any atom is 0.312 e. The summed E-state index contributed by atoms with van der Waals surface area (Å²) in [4.78, 5) is 25.2. The highest BCUT2D eigenvalue weighted by Gasteiger charge is 2.39. The number of Topliss-reactive ketones (excluding diaryl/α,β-unsaturated/α-hetero) is 1. The monoisotopic (exact) mass is 418 g/mol. The largest absolute Gasteiger partial charge is 0.493 e. The smallest absolute Gasteiger partial charge is 0.312 e. The first-order chi connectivity index (χ1) is 15.1. The van der Waals surface area contributed by atoms with E-state index in [-0.39, 0.29) is 23.9 Å². The zero-order chi connectivity index (χ0) is 21.5. The zero-order valence-corrected chi connectivity index (χ0v) is 16.8. The topological polar surface area (TPSA) is 84.2 Å². The molecule has 0 unspecified atom stereocenters. The Morgan fingerprint density at radius 1 is 1.00 bits per heavy atom. The Kier molecular flexibility index (Phi) is 4.51. The van der Waals surface area contributed by atoms with Gasteiger partial charge in [-0.05, 0) is 48.0 Å². The molecule has 0 radical (unpaired) electrons. The number of carbonyl (C=O) groups is 2. The molecule has 7 heteroatoms. The minimum Gasteiger partial charge on any atom is -0.493 e. The zero-order valence-electron chi connectivity index (χ0n) is 16.8. The van der Waals surface area contributed by atoms with E-state index < -0.39 is 5.92 Å². The van der Waals surface area contributed by atoms with Crippen molar-refractivity contribution in [1.82, 2.24) is 0 Å². The van der Waals surface area contributed by atoms with Crippen LogP contribution in [0.15, 0.2) is 58.9 Å². The molecule has 0 saturated heterocycles. The van der Waals surface area contributed by atoms with Gasteiger partial charge in [0.1, 0.15) is 17.3 Å². The van der Waals surface area contributed by atoms with Crippen LogP contribution < -0.4 is 18.9 Å². The van der Waals surface area contributed by atoms with Crippen LogP contribution in [-0.4, -0.2) is 26.0 Å². The van der Waals surface area contributed by atoms with Crippen molar-refractivity contribution in [1.29, 1.82) is 0 Å². The van der Waals surface area contributed by atoms with Gasteiger partial charge in [0.2, 0.25) is 5.78 Å². The van der Waals surface area contributed by atoms with Gasteiger partial charge in [-0.15, -0.1) is 0 Å². The summed E-state index contributed by atoms with van der Waals surface area (Å²) in [5.74, 6) is 1.67. The van der Waals surface area contributed by atoms with Crippen LogP contribution in [0, 0.1) is 0 Å². The Bertz CT molecular complexity index is 1220. The Morgan fingerprint density at radius 2 is 1.84 bits per heavy atom. The molecule has 7 nitrogen and oxygen atoms in total. The first-order valence-corrected chi connectivity index (χ1v) is 9.66. The van der Waals surface area contributed by atoms with Crippen molar-refractivity contribution in [3.8, 4) is 23.0 Å². The summed E-state index contributed by atoms with van der Waals surface area (Å²) in [7, 11) is 3.10. The molecule has 3 heterocycles. The van der Waals surface area contributed by atoms with E-state index in [1.807, 2.05) is 0 Å². The fraction of sp³-hybridized carbons (Fsp3) is 0.167. The average Bonchev–Trinajstić information content (AvgIpc) is 3.42. The average molecular weight is 418 g/mol. The number of methoxy groups -OCH3 is 2. The Morgan fingerprint density at radius 3 is 2.58 bits per heavy atom. The first kappa shape index (κ1) is 19.0. The SMILES string of the molecule is COc1ccc(/C=C2\Oc3c(ccc4c3[C@H](c3ccco3)CC(=O)O4)C2=O)cc1OC. The number of ketones is 1. The quantitative estimate of drug-likeness (QED) is 0.354. The third-order valence-electron chi connectivity index (χ3n) is 5.37. The maximum atomic E-state index is 13.0. The number of hydrogen-bond donors (Lipinski definition) is 0. The molecule has 0 aliphatic carbocycles. The van der Waals surface area contributed by atoms with Gasteiger partial charge in [-0.1, -0.05) is 6.07 Å². The number of fused-ring (bicyclic) bond motifs is 3. The lowest BCUT2D eigenvalue weighted by molar-refractivity contribution is -0.135. The summed E-state index contributed by atoms with van der Waals surface area (Å²) < 4.78 is 27.6. The minimum atomic E-state index is -0.394. The fourth-order valence-corrected chi connectivity index (χ4v) is 3.93. The number of esters is 1. The molecule has 2 aromatic carbocycles. The molecule has 2 aliphatic rings. The van der Waals surface area contributed by atoms with E-state index in [1.165, 1.54) is 0 Å². The number of furan rings is 1. The van der Waals surface area contributed by atoms with Gasteiger partial charge in [-0.25, -0.2) is 0 Å². The van der Waals surface area contributed by atoms with Gasteiger partial charge >= 0.3 is 5.97 Å². The van der Waals surface area contributed by atoms with Gasteiger partial charge in [0.25, 0.3) is 0 Å². The molecule has 0 spiro atoms. The Hall–Kier alpha value is -4.00. The molecular weight excluding hydrogens is 400 g/mol. The summed E-state index contributed by atoms with van der Waals surface area (Å²) in [6.07, 6.45) is 3.29. The van der Waals surface area contributed by atoms with E-state index in [2.05, 4.69) is 0 Å². The van der Waals surface area contributed by atoms with Crippen molar-refractivity contribution < 1.29 is 33.0 Å². The Balaban J connectivity index is 1.57. The van der Waals surface area contributed by atoms with Gasteiger partial charge in [0.15, 0.2) is 17.3 Å². The number of hydrogen-bond acceptors (Lipinski definition) is 7. The molecule has 0 fully saturated rings. The van der Waals surface area contributed by atoms with Gasteiger partial charge in [-0.2, -0.15) is 0 Å². The van der Waals surface area contributed by atoms with E-state index in [0.29, 0.717) is 39.9 Å². The first-order valence-electron chi connectivity index (χ1n) is 9.66. The number of allylic oxidation sites excluding steroid dienone is 1. The molecule has 1 atom stereocenters. The molecule has 0 amide bonds. The van der Waals surface area contributed by atoms with Crippen molar-refractivity contribution in [2.45, 2.75) is 12.3 Å². The van der Waals surface area contributed by atoms with Crippen LogP contribution in [0.2, 0.25) is 0 Å².